The smallest absolute Gasteiger partial charge is 0.323 e. The van der Waals surface area contributed by atoms with E-state index in [1.54, 1.807) is 37.2 Å². The zero-order chi connectivity index (χ0) is 17.7. The number of hydrogen-bond acceptors (Lipinski definition) is 6. The van der Waals surface area contributed by atoms with Gasteiger partial charge in [0, 0.05) is 19.1 Å². The van der Waals surface area contributed by atoms with Crippen LogP contribution in [0.5, 0.6) is 11.8 Å². The highest BCUT2D eigenvalue weighted by molar-refractivity contribution is 6.31. The molecule has 8 nitrogen and oxygen atoms in total. The van der Waals surface area contributed by atoms with Crippen LogP contribution in [0.1, 0.15) is 0 Å². The third-order valence-corrected chi connectivity index (χ3v) is 3.25. The van der Waals surface area contributed by atoms with Gasteiger partial charge >= 0.3 is 12.0 Å². The van der Waals surface area contributed by atoms with Crippen LogP contribution in [0.15, 0.2) is 24.4 Å². The highest BCUT2D eigenvalue weighted by atomic mass is 35.5. The van der Waals surface area contributed by atoms with Crippen LogP contribution in [0.2, 0.25) is 5.02 Å². The van der Waals surface area contributed by atoms with Crippen LogP contribution < -0.4 is 25.0 Å². The maximum Gasteiger partial charge on any atom is 0.323 e. The van der Waals surface area contributed by atoms with Crippen molar-refractivity contribution < 1.29 is 14.3 Å². The predicted octanol–water partition coefficient (Wildman–Crippen LogP) is 2.86. The Morgan fingerprint density at radius 3 is 2.50 bits per heavy atom. The number of aromatic nitrogens is 2. The highest BCUT2D eigenvalue weighted by Gasteiger charge is 2.14. The third kappa shape index (κ3) is 4.17. The summed E-state index contributed by atoms with van der Waals surface area (Å²) in [6.07, 6.45) is 1.47. The molecule has 0 atom stereocenters. The molecule has 0 aliphatic heterocycles. The van der Waals surface area contributed by atoms with E-state index in [4.69, 9.17) is 21.1 Å². The Morgan fingerprint density at radius 1 is 1.17 bits per heavy atom. The lowest BCUT2D eigenvalue weighted by molar-refractivity contribution is 0.262. The van der Waals surface area contributed by atoms with Crippen LogP contribution in [-0.4, -0.2) is 44.3 Å². The molecule has 1 heterocycles. The van der Waals surface area contributed by atoms with Gasteiger partial charge < -0.3 is 25.0 Å². The number of urea groups is 1. The van der Waals surface area contributed by atoms with E-state index in [1.807, 2.05) is 0 Å². The maximum absolute atomic E-state index is 12.3. The summed E-state index contributed by atoms with van der Waals surface area (Å²) in [6, 6.07) is 4.66. The Morgan fingerprint density at radius 2 is 1.88 bits per heavy atom. The van der Waals surface area contributed by atoms with Crippen molar-refractivity contribution in [2.75, 3.05) is 43.8 Å². The summed E-state index contributed by atoms with van der Waals surface area (Å²) in [7, 11) is 6.57. The van der Waals surface area contributed by atoms with E-state index in [1.165, 1.54) is 20.4 Å². The largest absolute Gasteiger partial charge is 0.495 e. The van der Waals surface area contributed by atoms with Crippen LogP contribution in [0.3, 0.4) is 0 Å². The summed E-state index contributed by atoms with van der Waals surface area (Å²) in [5, 5.41) is 5.85. The molecule has 0 bridgehead atoms. The van der Waals surface area contributed by atoms with Crippen LogP contribution >= 0.6 is 11.6 Å². The number of ether oxygens (including phenoxy) is 2. The van der Waals surface area contributed by atoms with Gasteiger partial charge in [-0.1, -0.05) is 11.6 Å². The van der Waals surface area contributed by atoms with Gasteiger partial charge in [-0.15, -0.1) is 0 Å². The number of hydrogen-bond donors (Lipinski definition) is 2. The Bertz CT molecular complexity index is 739. The van der Waals surface area contributed by atoms with Crippen molar-refractivity contribution in [3.63, 3.8) is 0 Å². The molecule has 0 saturated carbocycles. The number of nitrogens with zero attached hydrogens (tertiary/aromatic N) is 3. The molecule has 0 spiro atoms. The zero-order valence-corrected chi connectivity index (χ0v) is 14.5. The number of amides is 2. The molecule has 0 unspecified atom stereocenters. The normalized spacial score (nSPS) is 10.0. The summed E-state index contributed by atoms with van der Waals surface area (Å²) >= 11 is 5.95. The second-order valence-electron chi connectivity index (χ2n) is 4.91. The van der Waals surface area contributed by atoms with E-state index in [0.29, 0.717) is 28.0 Å². The van der Waals surface area contributed by atoms with Crippen molar-refractivity contribution in [1.29, 1.82) is 0 Å². The first kappa shape index (κ1) is 17.6. The lowest BCUT2D eigenvalue weighted by Gasteiger charge is -2.17. The molecule has 0 radical (unpaired) electrons. The Labute approximate surface area is 144 Å². The Balaban J connectivity index is 2.20. The minimum absolute atomic E-state index is 0.209. The van der Waals surface area contributed by atoms with Crippen molar-refractivity contribution in [1.82, 2.24) is 9.97 Å². The van der Waals surface area contributed by atoms with Crippen LogP contribution in [0.4, 0.5) is 22.0 Å². The Hall–Kier alpha value is -2.74. The number of halogens is 1. The molecule has 2 amide bonds. The fraction of sp³-hybridized carbons (Fsp3) is 0.267. The van der Waals surface area contributed by atoms with Crippen molar-refractivity contribution in [2.45, 2.75) is 0 Å². The SMILES string of the molecule is COc1ncc(NC(=O)Nc2cc(Cl)ccc2OC)c(N(C)C)n1. The third-order valence-electron chi connectivity index (χ3n) is 3.01. The van der Waals surface area contributed by atoms with E-state index < -0.39 is 6.03 Å². The maximum atomic E-state index is 12.3. The Kier molecular flexibility index (Phi) is 5.64. The van der Waals surface area contributed by atoms with Crippen molar-refractivity contribution in [2.24, 2.45) is 0 Å². The molecule has 0 fully saturated rings. The van der Waals surface area contributed by atoms with Gasteiger partial charge in [-0.05, 0) is 18.2 Å². The van der Waals surface area contributed by atoms with Gasteiger partial charge in [-0.3, -0.25) is 0 Å². The second-order valence-corrected chi connectivity index (χ2v) is 5.35. The standard InChI is InChI=1S/C15H18ClN5O3/c1-21(2)13-11(8-17-15(20-13)24-4)19-14(22)18-10-7-9(16)5-6-12(10)23-3/h5-8H,1-4H3,(H2,18,19,22). The molecular formula is C15H18ClN5O3. The van der Waals surface area contributed by atoms with Gasteiger partial charge in [0.2, 0.25) is 0 Å². The molecule has 2 rings (SSSR count). The zero-order valence-electron chi connectivity index (χ0n) is 13.8. The molecule has 9 heteroatoms. The van der Waals surface area contributed by atoms with E-state index in [0.717, 1.165) is 0 Å². The molecule has 0 aliphatic rings. The summed E-state index contributed by atoms with van der Waals surface area (Å²) in [6.45, 7) is 0. The summed E-state index contributed by atoms with van der Waals surface area (Å²) in [5.41, 5.74) is 0.877. The molecular weight excluding hydrogens is 334 g/mol. The average Bonchev–Trinajstić information content (AvgIpc) is 2.55. The quantitative estimate of drug-likeness (QED) is 0.861. The molecule has 2 aromatic rings. The molecule has 2 N–H and O–H groups in total. The van der Waals surface area contributed by atoms with Gasteiger partial charge in [0.05, 0.1) is 26.1 Å². The van der Waals surface area contributed by atoms with Gasteiger partial charge in [-0.2, -0.15) is 4.98 Å². The van der Waals surface area contributed by atoms with E-state index in [9.17, 15) is 4.79 Å². The molecule has 1 aromatic heterocycles. The van der Waals surface area contributed by atoms with Gasteiger partial charge in [0.25, 0.3) is 0 Å². The first-order chi connectivity index (χ1) is 11.4. The van der Waals surface area contributed by atoms with Gasteiger partial charge in [0.15, 0.2) is 5.82 Å². The fourth-order valence-electron chi connectivity index (χ4n) is 1.94. The second kappa shape index (κ2) is 7.69. The van der Waals surface area contributed by atoms with Crippen molar-refractivity contribution >= 4 is 34.8 Å². The minimum Gasteiger partial charge on any atom is -0.495 e. The number of carbonyl (C=O) groups excluding carboxylic acids is 1. The van der Waals surface area contributed by atoms with Crippen molar-refractivity contribution in [3.8, 4) is 11.8 Å². The summed E-state index contributed by atoms with van der Waals surface area (Å²) in [4.78, 5) is 22.2. The number of nitrogens with one attached hydrogen (secondary N) is 2. The summed E-state index contributed by atoms with van der Waals surface area (Å²) < 4.78 is 10.2. The number of carbonyl (C=O) groups is 1. The van der Waals surface area contributed by atoms with Gasteiger partial charge in [-0.25, -0.2) is 9.78 Å². The molecule has 24 heavy (non-hydrogen) atoms. The number of rotatable bonds is 5. The molecule has 128 valence electrons. The monoisotopic (exact) mass is 351 g/mol. The van der Waals surface area contributed by atoms with Crippen molar-refractivity contribution in [3.05, 3.63) is 29.4 Å². The molecule has 0 saturated heterocycles. The number of anilines is 3. The highest BCUT2D eigenvalue weighted by Crippen LogP contribution is 2.28. The van der Waals surface area contributed by atoms with Crippen LogP contribution in [0.25, 0.3) is 0 Å². The van der Waals surface area contributed by atoms with E-state index in [2.05, 4.69) is 20.6 Å². The van der Waals surface area contributed by atoms with Crippen LogP contribution in [0, 0.1) is 0 Å². The topological polar surface area (TPSA) is 88.6 Å². The van der Waals surface area contributed by atoms with E-state index >= 15 is 0 Å². The van der Waals surface area contributed by atoms with Crippen LogP contribution in [-0.2, 0) is 0 Å². The number of benzene rings is 1. The van der Waals surface area contributed by atoms with E-state index in [-0.39, 0.29) is 6.01 Å². The summed E-state index contributed by atoms with van der Waals surface area (Å²) in [5.74, 6) is 1.00. The first-order valence-corrected chi connectivity index (χ1v) is 7.32. The fourth-order valence-corrected chi connectivity index (χ4v) is 2.11. The molecule has 0 aliphatic carbocycles. The lowest BCUT2D eigenvalue weighted by Crippen LogP contribution is -2.23. The van der Waals surface area contributed by atoms with Gasteiger partial charge in [0.1, 0.15) is 11.4 Å². The molecule has 1 aromatic carbocycles. The lowest BCUT2D eigenvalue weighted by atomic mass is 10.3. The average molecular weight is 352 g/mol. The first-order valence-electron chi connectivity index (χ1n) is 6.94. The minimum atomic E-state index is -0.479. The number of methoxy groups -OCH3 is 2. The predicted molar refractivity (Wildman–Crippen MR) is 93.6 cm³/mol.